The van der Waals surface area contributed by atoms with Gasteiger partial charge in [0.05, 0.1) is 24.7 Å². The van der Waals surface area contributed by atoms with Gasteiger partial charge in [0.25, 0.3) is 0 Å². The Kier molecular flexibility index (Phi) is 5.06. The summed E-state index contributed by atoms with van der Waals surface area (Å²) in [6.45, 7) is 0.587. The van der Waals surface area contributed by atoms with Gasteiger partial charge in [-0.15, -0.1) is 0 Å². The average Bonchev–Trinajstić information content (AvgIpc) is 3.14. The van der Waals surface area contributed by atoms with Gasteiger partial charge in [-0.2, -0.15) is 5.16 Å². The van der Waals surface area contributed by atoms with Crippen LogP contribution in [0.25, 0.3) is 11.3 Å². The van der Waals surface area contributed by atoms with Gasteiger partial charge in [0, 0.05) is 23.3 Å². The van der Waals surface area contributed by atoms with E-state index in [4.69, 9.17) is 9.26 Å². The molecule has 0 spiro atoms. The molecule has 5 nitrogen and oxygen atoms in total. The van der Waals surface area contributed by atoms with Crippen LogP contribution in [-0.2, 0) is 6.54 Å². The molecule has 0 aliphatic heterocycles. The van der Waals surface area contributed by atoms with Crippen molar-refractivity contribution in [3.8, 4) is 23.0 Å². The minimum Gasteiger partial charge on any atom is -0.544 e. The number of nitrogens with zero attached hydrogens (tertiary/aromatic N) is 2. The maximum absolute atomic E-state index is 12.7. The highest BCUT2D eigenvalue weighted by Gasteiger charge is 2.26. The maximum Gasteiger partial charge on any atom is 0.168 e. The first-order valence-electron chi connectivity index (χ1n) is 9.06. The first-order valence-corrected chi connectivity index (χ1v) is 9.06. The molecule has 0 aliphatic rings. The van der Waals surface area contributed by atoms with Gasteiger partial charge in [-0.3, -0.25) is 0 Å². The van der Waals surface area contributed by atoms with Crippen molar-refractivity contribution in [3.05, 3.63) is 96.3 Å². The minimum absolute atomic E-state index is 0.215. The Morgan fingerprint density at radius 2 is 1.64 bits per heavy atom. The van der Waals surface area contributed by atoms with Crippen LogP contribution in [0.3, 0.4) is 0 Å². The Labute approximate surface area is 163 Å². The molecule has 140 valence electrons. The minimum atomic E-state index is -0.406. The molecule has 0 aliphatic carbocycles. The number of hydrogen-bond acceptors (Lipinski definition) is 4. The highest BCUT2D eigenvalue weighted by atomic mass is 16.5. The first-order chi connectivity index (χ1) is 13.8. The topological polar surface area (TPSA) is 62.2 Å². The van der Waals surface area contributed by atoms with Crippen molar-refractivity contribution < 1.29 is 18.9 Å². The fourth-order valence-electron chi connectivity index (χ4n) is 3.36. The van der Waals surface area contributed by atoms with Crippen LogP contribution in [-0.4, -0.2) is 12.3 Å². The van der Waals surface area contributed by atoms with Gasteiger partial charge < -0.3 is 14.4 Å². The van der Waals surface area contributed by atoms with Crippen molar-refractivity contribution in [1.82, 2.24) is 5.16 Å². The Balaban J connectivity index is 1.82. The van der Waals surface area contributed by atoms with Crippen molar-refractivity contribution in [2.45, 2.75) is 12.5 Å². The molecule has 0 radical (unpaired) electrons. The molecule has 0 amide bonds. The molecule has 0 bridgehead atoms. The van der Waals surface area contributed by atoms with Crippen LogP contribution < -0.4 is 14.4 Å². The number of ether oxygens (including phenoxy) is 1. The molecule has 4 aromatic rings. The summed E-state index contributed by atoms with van der Waals surface area (Å²) < 4.78 is 12.4. The van der Waals surface area contributed by atoms with Crippen LogP contribution in [0.4, 0.5) is 0 Å². The zero-order chi connectivity index (χ0) is 19.3. The maximum atomic E-state index is 12.7. The molecule has 0 saturated heterocycles. The molecule has 0 fully saturated rings. The third kappa shape index (κ3) is 3.60. The van der Waals surface area contributed by atoms with Crippen molar-refractivity contribution in [1.29, 1.82) is 0 Å². The Bertz CT molecular complexity index is 1030. The van der Waals surface area contributed by atoms with Crippen molar-refractivity contribution in [3.63, 3.8) is 0 Å². The Morgan fingerprint density at radius 3 is 2.32 bits per heavy atom. The van der Waals surface area contributed by atoms with Crippen molar-refractivity contribution >= 4 is 0 Å². The van der Waals surface area contributed by atoms with Gasteiger partial charge >= 0.3 is 0 Å². The molecular formula is C23H20N2O3. The molecule has 1 atom stereocenters. The summed E-state index contributed by atoms with van der Waals surface area (Å²) in [7, 11) is 1.63. The first kappa shape index (κ1) is 17.8. The number of aromatic nitrogens is 2. The second-order valence-electron chi connectivity index (χ2n) is 6.50. The summed E-state index contributed by atoms with van der Waals surface area (Å²) in [4.78, 5) is 0. The second kappa shape index (κ2) is 7.96. The fourth-order valence-corrected chi connectivity index (χ4v) is 3.36. The van der Waals surface area contributed by atoms with E-state index >= 15 is 0 Å². The van der Waals surface area contributed by atoms with Gasteiger partial charge in [0.1, 0.15) is 5.75 Å². The molecule has 0 saturated carbocycles. The van der Waals surface area contributed by atoms with E-state index in [1.165, 1.54) is 0 Å². The second-order valence-corrected chi connectivity index (χ2v) is 6.50. The van der Waals surface area contributed by atoms with E-state index in [9.17, 15) is 5.11 Å². The monoisotopic (exact) mass is 372 g/mol. The number of hydrogen-bond donors (Lipinski definition) is 0. The lowest BCUT2D eigenvalue weighted by Gasteiger charge is -2.17. The predicted octanol–water partition coefficient (Wildman–Crippen LogP) is 3.54. The zero-order valence-electron chi connectivity index (χ0n) is 15.5. The zero-order valence-corrected chi connectivity index (χ0v) is 15.5. The highest BCUT2D eigenvalue weighted by Crippen LogP contribution is 2.38. The van der Waals surface area contributed by atoms with E-state index < -0.39 is 5.95 Å². The fraction of sp³-hybridized carbons (Fsp3) is 0.130. The van der Waals surface area contributed by atoms with E-state index in [0.29, 0.717) is 17.8 Å². The van der Waals surface area contributed by atoms with Gasteiger partial charge in [-0.05, 0) is 17.7 Å². The normalized spacial score (nSPS) is 11.9. The highest BCUT2D eigenvalue weighted by molar-refractivity contribution is 5.66. The predicted molar refractivity (Wildman–Crippen MR) is 103 cm³/mol. The standard InChI is InChI=1S/C23H20N2O3/c1-27-19-12-10-17(11-13-19)20(16-25-14-6-3-7-15-25)21-22(24-28-23(21)26)18-8-4-2-5-9-18/h2-15,20H,16H2,1H3. The van der Waals surface area contributed by atoms with Gasteiger partial charge in [0.2, 0.25) is 0 Å². The van der Waals surface area contributed by atoms with E-state index in [0.717, 1.165) is 16.9 Å². The van der Waals surface area contributed by atoms with Crippen LogP contribution in [0.5, 0.6) is 11.7 Å². The molecule has 4 rings (SSSR count). The summed E-state index contributed by atoms with van der Waals surface area (Å²) in [5, 5.41) is 16.8. The number of pyridine rings is 1. The van der Waals surface area contributed by atoms with Gasteiger partial charge in [-0.25, -0.2) is 4.57 Å². The summed E-state index contributed by atoms with van der Waals surface area (Å²) in [6.07, 6.45) is 3.97. The molecule has 2 aromatic carbocycles. The molecular weight excluding hydrogens is 352 g/mol. The Hall–Kier alpha value is -3.60. The van der Waals surface area contributed by atoms with E-state index in [1.54, 1.807) is 7.11 Å². The van der Waals surface area contributed by atoms with E-state index in [-0.39, 0.29) is 5.92 Å². The SMILES string of the molecule is COc1ccc(C(C[n+]2ccccc2)c2c(-c3ccccc3)noc2[O-])cc1. The lowest BCUT2D eigenvalue weighted by molar-refractivity contribution is -0.698. The Morgan fingerprint density at radius 1 is 0.964 bits per heavy atom. The van der Waals surface area contributed by atoms with Gasteiger partial charge in [-0.1, -0.05) is 48.5 Å². The van der Waals surface area contributed by atoms with Crippen molar-refractivity contribution in [2.24, 2.45) is 0 Å². The molecule has 2 heterocycles. The lowest BCUT2D eigenvalue weighted by Crippen LogP contribution is -2.36. The van der Waals surface area contributed by atoms with Crippen molar-refractivity contribution in [2.75, 3.05) is 7.11 Å². The number of rotatable bonds is 6. The molecule has 1 unspecified atom stereocenters. The largest absolute Gasteiger partial charge is 0.544 e. The third-order valence-corrected chi connectivity index (χ3v) is 4.78. The summed E-state index contributed by atoms with van der Waals surface area (Å²) in [5.41, 5.74) is 3.00. The van der Waals surface area contributed by atoms with Crippen LogP contribution in [0, 0.1) is 0 Å². The lowest BCUT2D eigenvalue weighted by atomic mass is 9.89. The number of methoxy groups -OCH3 is 1. The van der Waals surface area contributed by atoms with E-state index in [1.807, 2.05) is 85.2 Å². The van der Waals surface area contributed by atoms with Crippen LogP contribution in [0.1, 0.15) is 17.0 Å². The molecule has 0 N–H and O–H groups in total. The van der Waals surface area contributed by atoms with Gasteiger partial charge in [0.15, 0.2) is 18.9 Å². The summed E-state index contributed by atoms with van der Waals surface area (Å²) >= 11 is 0. The number of benzene rings is 2. The third-order valence-electron chi connectivity index (χ3n) is 4.78. The average molecular weight is 372 g/mol. The molecule has 5 heteroatoms. The summed E-state index contributed by atoms with van der Waals surface area (Å²) in [5.74, 6) is 0.147. The summed E-state index contributed by atoms with van der Waals surface area (Å²) in [6, 6.07) is 23.3. The smallest absolute Gasteiger partial charge is 0.168 e. The molecule has 28 heavy (non-hydrogen) atoms. The quantitative estimate of drug-likeness (QED) is 0.486. The molecule has 2 aromatic heterocycles. The van der Waals surface area contributed by atoms with E-state index in [2.05, 4.69) is 9.72 Å². The van der Waals surface area contributed by atoms with Crippen LogP contribution in [0.15, 0.2) is 89.7 Å². The van der Waals surface area contributed by atoms with Crippen LogP contribution in [0.2, 0.25) is 0 Å². The van der Waals surface area contributed by atoms with Crippen LogP contribution >= 0.6 is 0 Å².